The Morgan fingerprint density at radius 1 is 1.53 bits per heavy atom. The summed E-state index contributed by atoms with van der Waals surface area (Å²) in [7, 11) is 0. The van der Waals surface area contributed by atoms with Gasteiger partial charge in [0, 0.05) is 13.1 Å². The lowest BCUT2D eigenvalue weighted by atomic mass is 10.2. The lowest BCUT2D eigenvalue weighted by molar-refractivity contribution is 0.0527. The molecule has 0 aliphatic heterocycles. The molecule has 0 amide bonds. The molecule has 7 nitrogen and oxygen atoms in total. The predicted molar refractivity (Wildman–Crippen MR) is 66.6 cm³/mol. The fourth-order valence-corrected chi connectivity index (χ4v) is 1.50. The number of esters is 1. The van der Waals surface area contributed by atoms with Crippen molar-refractivity contribution in [2.45, 2.75) is 20.4 Å². The first-order valence-corrected chi connectivity index (χ1v) is 5.86. The normalized spacial score (nSPS) is 10.2. The zero-order valence-corrected chi connectivity index (χ0v) is 10.7. The second-order valence-electron chi connectivity index (χ2n) is 3.70. The molecule has 1 N–H and O–H groups in total. The summed E-state index contributed by atoms with van der Waals surface area (Å²) < 4.78 is 9.81. The highest BCUT2D eigenvalue weighted by Crippen LogP contribution is 2.13. The Kier molecular flexibility index (Phi) is 4.07. The lowest BCUT2D eigenvalue weighted by Crippen LogP contribution is -2.11. The molecular weight excluding hydrogens is 248 g/mol. The number of rotatable bonds is 5. The number of nitrogens with zero attached hydrogens (tertiary/aromatic N) is 3. The van der Waals surface area contributed by atoms with E-state index in [1.54, 1.807) is 32.2 Å². The first-order valence-electron chi connectivity index (χ1n) is 5.86. The minimum atomic E-state index is -0.414. The summed E-state index contributed by atoms with van der Waals surface area (Å²) in [6.45, 7) is 4.10. The number of aryl methyl sites for hydroxylation is 1. The van der Waals surface area contributed by atoms with Crippen molar-refractivity contribution < 1.29 is 14.1 Å². The Balaban J connectivity index is 2.09. The van der Waals surface area contributed by atoms with Gasteiger partial charge < -0.3 is 14.6 Å². The maximum absolute atomic E-state index is 11.7. The summed E-state index contributed by atoms with van der Waals surface area (Å²) >= 11 is 0. The molecule has 0 radical (unpaired) electrons. The van der Waals surface area contributed by atoms with Gasteiger partial charge in [0.25, 0.3) is 0 Å². The smallest absolute Gasteiger partial charge is 0.341 e. The quantitative estimate of drug-likeness (QED) is 0.817. The van der Waals surface area contributed by atoms with Crippen LogP contribution >= 0.6 is 0 Å². The van der Waals surface area contributed by atoms with Crippen LogP contribution in [-0.4, -0.2) is 27.7 Å². The van der Waals surface area contributed by atoms with E-state index in [1.807, 2.05) is 0 Å². The molecule has 0 spiro atoms. The molecule has 0 unspecified atom stereocenters. The van der Waals surface area contributed by atoms with E-state index in [1.165, 1.54) is 0 Å². The highest BCUT2D eigenvalue weighted by atomic mass is 16.5. The third kappa shape index (κ3) is 3.27. The van der Waals surface area contributed by atoms with Crippen molar-refractivity contribution in [3.8, 4) is 0 Å². The predicted octanol–water partition coefficient (Wildman–Crippen LogP) is 1.56. The molecule has 0 saturated carbocycles. The van der Waals surface area contributed by atoms with Gasteiger partial charge in [-0.25, -0.2) is 9.78 Å². The molecule has 0 atom stereocenters. The number of ether oxygens (including phenoxy) is 1. The van der Waals surface area contributed by atoms with Crippen LogP contribution in [0.25, 0.3) is 0 Å². The van der Waals surface area contributed by atoms with E-state index in [9.17, 15) is 4.79 Å². The maximum Gasteiger partial charge on any atom is 0.341 e. The van der Waals surface area contributed by atoms with Crippen LogP contribution in [0.4, 0.5) is 5.82 Å². The Labute approximate surface area is 110 Å². The minimum absolute atomic E-state index is 0.317. The molecule has 7 heteroatoms. The average molecular weight is 262 g/mol. The molecule has 0 aromatic carbocycles. The van der Waals surface area contributed by atoms with Crippen molar-refractivity contribution in [1.29, 1.82) is 0 Å². The zero-order chi connectivity index (χ0) is 13.7. The van der Waals surface area contributed by atoms with Crippen molar-refractivity contribution in [2.24, 2.45) is 0 Å². The Morgan fingerprint density at radius 3 is 3.05 bits per heavy atom. The molecule has 2 rings (SSSR count). The number of carbonyl (C=O) groups is 1. The van der Waals surface area contributed by atoms with Crippen molar-refractivity contribution in [2.75, 3.05) is 11.9 Å². The van der Waals surface area contributed by atoms with Gasteiger partial charge in [-0.2, -0.15) is 4.98 Å². The van der Waals surface area contributed by atoms with Crippen LogP contribution in [0.2, 0.25) is 0 Å². The van der Waals surface area contributed by atoms with Crippen molar-refractivity contribution in [3.05, 3.63) is 35.6 Å². The second-order valence-corrected chi connectivity index (χ2v) is 3.70. The molecule has 0 bridgehead atoms. The number of hydrogen-bond donors (Lipinski definition) is 1. The summed E-state index contributed by atoms with van der Waals surface area (Å²) in [4.78, 5) is 19.9. The highest BCUT2D eigenvalue weighted by molar-refractivity contribution is 5.94. The average Bonchev–Trinajstić information content (AvgIpc) is 2.83. The molecule has 2 aromatic heterocycles. The van der Waals surface area contributed by atoms with Crippen LogP contribution in [0.3, 0.4) is 0 Å². The summed E-state index contributed by atoms with van der Waals surface area (Å²) in [6.07, 6.45) is 1.59. The van der Waals surface area contributed by atoms with E-state index in [2.05, 4.69) is 20.4 Å². The first-order chi connectivity index (χ1) is 9.20. The van der Waals surface area contributed by atoms with Gasteiger partial charge in [-0.05, 0) is 19.1 Å². The van der Waals surface area contributed by atoms with Gasteiger partial charge in [0.05, 0.1) is 13.2 Å². The number of hydrogen-bond acceptors (Lipinski definition) is 7. The summed E-state index contributed by atoms with van der Waals surface area (Å²) in [5.74, 6) is 1.01. The van der Waals surface area contributed by atoms with Crippen molar-refractivity contribution >= 4 is 11.8 Å². The minimum Gasteiger partial charge on any atom is -0.462 e. The van der Waals surface area contributed by atoms with Gasteiger partial charge >= 0.3 is 5.97 Å². The van der Waals surface area contributed by atoms with Crippen molar-refractivity contribution in [3.63, 3.8) is 0 Å². The summed E-state index contributed by atoms with van der Waals surface area (Å²) in [5.41, 5.74) is 0.379. The van der Waals surface area contributed by atoms with Gasteiger partial charge in [0.1, 0.15) is 11.4 Å². The van der Waals surface area contributed by atoms with Gasteiger partial charge in [0.15, 0.2) is 5.82 Å². The third-order valence-corrected chi connectivity index (χ3v) is 2.29. The van der Waals surface area contributed by atoms with Crippen LogP contribution in [-0.2, 0) is 11.3 Å². The van der Waals surface area contributed by atoms with E-state index in [0.29, 0.717) is 36.2 Å². The van der Waals surface area contributed by atoms with E-state index < -0.39 is 5.97 Å². The van der Waals surface area contributed by atoms with E-state index >= 15 is 0 Å². The summed E-state index contributed by atoms with van der Waals surface area (Å²) in [5, 5.41) is 6.73. The largest absolute Gasteiger partial charge is 0.462 e. The van der Waals surface area contributed by atoms with Crippen LogP contribution in [0.15, 0.2) is 22.9 Å². The topological polar surface area (TPSA) is 90.1 Å². The monoisotopic (exact) mass is 262 g/mol. The Bertz CT molecular complexity index is 568. The fourth-order valence-electron chi connectivity index (χ4n) is 1.50. The number of carbonyl (C=O) groups excluding carboxylic acids is 1. The first kappa shape index (κ1) is 13.0. The lowest BCUT2D eigenvalue weighted by Gasteiger charge is -2.08. The zero-order valence-electron chi connectivity index (χ0n) is 10.7. The van der Waals surface area contributed by atoms with Crippen LogP contribution < -0.4 is 5.32 Å². The molecule has 0 aliphatic carbocycles. The molecule has 100 valence electrons. The maximum atomic E-state index is 11.7. The van der Waals surface area contributed by atoms with Crippen LogP contribution in [0.5, 0.6) is 0 Å². The van der Waals surface area contributed by atoms with Crippen molar-refractivity contribution in [1.82, 2.24) is 15.1 Å². The number of anilines is 1. The van der Waals surface area contributed by atoms with Gasteiger partial charge in [-0.1, -0.05) is 5.16 Å². The molecular formula is C12H14N4O3. The molecule has 0 saturated heterocycles. The van der Waals surface area contributed by atoms with Gasteiger partial charge in [0.2, 0.25) is 5.89 Å². The van der Waals surface area contributed by atoms with Gasteiger partial charge in [-0.15, -0.1) is 0 Å². The van der Waals surface area contributed by atoms with Gasteiger partial charge in [-0.3, -0.25) is 0 Å². The molecule has 0 fully saturated rings. The summed E-state index contributed by atoms with van der Waals surface area (Å²) in [6, 6.07) is 3.32. The SMILES string of the molecule is CCOC(=O)c1cccnc1NCc1noc(C)n1. The van der Waals surface area contributed by atoms with E-state index in [0.717, 1.165) is 0 Å². The third-order valence-electron chi connectivity index (χ3n) is 2.29. The van der Waals surface area contributed by atoms with Crippen LogP contribution in [0.1, 0.15) is 29.0 Å². The second kappa shape index (κ2) is 5.94. The Hall–Kier alpha value is -2.44. The molecule has 2 heterocycles. The standard InChI is InChI=1S/C12H14N4O3/c1-3-18-12(17)9-5-4-6-13-11(9)14-7-10-15-8(2)19-16-10/h4-6H,3,7H2,1-2H3,(H,13,14). The number of aromatic nitrogens is 3. The van der Waals surface area contributed by atoms with E-state index in [4.69, 9.17) is 9.26 Å². The molecule has 0 aliphatic rings. The molecule has 19 heavy (non-hydrogen) atoms. The number of pyridine rings is 1. The van der Waals surface area contributed by atoms with E-state index in [-0.39, 0.29) is 0 Å². The number of nitrogens with one attached hydrogen (secondary N) is 1. The fraction of sp³-hybridized carbons (Fsp3) is 0.333. The molecule has 2 aromatic rings. The highest BCUT2D eigenvalue weighted by Gasteiger charge is 2.13. The van der Waals surface area contributed by atoms with Crippen LogP contribution in [0, 0.1) is 6.92 Å². The Morgan fingerprint density at radius 2 is 2.37 bits per heavy atom.